The van der Waals surface area contributed by atoms with Crippen LogP contribution < -0.4 is 15.1 Å². The summed E-state index contributed by atoms with van der Waals surface area (Å²) in [6.45, 7) is 3.44. The van der Waals surface area contributed by atoms with Crippen LogP contribution >= 0.6 is 0 Å². The van der Waals surface area contributed by atoms with Gasteiger partial charge in [-0.05, 0) is 30.3 Å². The van der Waals surface area contributed by atoms with Crippen molar-refractivity contribution in [3.8, 4) is 11.3 Å². The van der Waals surface area contributed by atoms with Crippen LogP contribution in [0.5, 0.6) is 0 Å². The molecule has 0 amide bonds. The molecule has 0 bridgehead atoms. The Hall–Kier alpha value is -3.58. The van der Waals surface area contributed by atoms with Gasteiger partial charge in [-0.15, -0.1) is 0 Å². The molecule has 0 radical (unpaired) electrons. The van der Waals surface area contributed by atoms with Crippen molar-refractivity contribution in [1.82, 2.24) is 14.4 Å². The number of morpholine rings is 1. The van der Waals surface area contributed by atoms with Gasteiger partial charge in [0.25, 0.3) is 0 Å². The predicted molar refractivity (Wildman–Crippen MR) is 126 cm³/mol. The lowest BCUT2D eigenvalue weighted by Gasteiger charge is -2.28. The van der Waals surface area contributed by atoms with E-state index >= 15 is 0 Å². The fraction of sp³-hybridized carbons (Fsp3) is 0.250. The molecule has 1 fully saturated rings. The zero-order valence-electron chi connectivity index (χ0n) is 17.8. The number of rotatable bonds is 5. The average Bonchev–Trinajstić information content (AvgIpc) is 3.31. The Morgan fingerprint density at radius 2 is 1.81 bits per heavy atom. The van der Waals surface area contributed by atoms with E-state index in [2.05, 4.69) is 60.9 Å². The number of fused-ring (bicyclic) bond motifs is 1. The third-order valence-electron chi connectivity index (χ3n) is 5.59. The number of ether oxygens (including phenoxy) is 1. The topological polar surface area (TPSA) is 57.9 Å². The Morgan fingerprint density at radius 1 is 1.00 bits per heavy atom. The zero-order chi connectivity index (χ0) is 21.2. The van der Waals surface area contributed by atoms with Gasteiger partial charge in [-0.1, -0.05) is 18.2 Å². The van der Waals surface area contributed by atoms with Gasteiger partial charge in [0.1, 0.15) is 0 Å². The molecule has 1 N–H and O–H groups in total. The van der Waals surface area contributed by atoms with Gasteiger partial charge in [0, 0.05) is 62.2 Å². The first kappa shape index (κ1) is 19.4. The summed E-state index contributed by atoms with van der Waals surface area (Å²) < 4.78 is 7.54. The molecule has 1 aliphatic heterocycles. The summed E-state index contributed by atoms with van der Waals surface area (Å²) in [5.41, 5.74) is 6.24. The second-order valence-corrected chi connectivity index (χ2v) is 7.83. The minimum Gasteiger partial charge on any atom is -0.378 e. The van der Waals surface area contributed by atoms with Crippen LogP contribution in [0.25, 0.3) is 16.9 Å². The van der Waals surface area contributed by atoms with Gasteiger partial charge in [-0.2, -0.15) is 0 Å². The number of nitrogens with zero attached hydrogens (tertiary/aromatic N) is 5. The molecule has 7 heteroatoms. The smallest absolute Gasteiger partial charge is 0.180 e. The van der Waals surface area contributed by atoms with Crippen molar-refractivity contribution < 1.29 is 4.74 Å². The van der Waals surface area contributed by atoms with Gasteiger partial charge in [0.15, 0.2) is 11.5 Å². The number of benzene rings is 2. The quantitative estimate of drug-likeness (QED) is 0.532. The molecule has 0 atom stereocenters. The van der Waals surface area contributed by atoms with Crippen LogP contribution in [-0.2, 0) is 4.74 Å². The molecule has 1 saturated heterocycles. The van der Waals surface area contributed by atoms with Crippen LogP contribution in [0.4, 0.5) is 22.9 Å². The van der Waals surface area contributed by atoms with E-state index in [1.807, 2.05) is 44.8 Å². The molecule has 0 aliphatic carbocycles. The molecule has 0 saturated carbocycles. The molecule has 5 rings (SSSR count). The van der Waals surface area contributed by atoms with Gasteiger partial charge < -0.3 is 19.9 Å². The van der Waals surface area contributed by atoms with Gasteiger partial charge in [-0.3, -0.25) is 4.40 Å². The maximum Gasteiger partial charge on any atom is 0.180 e. The highest BCUT2D eigenvalue weighted by molar-refractivity contribution is 5.75. The Kier molecular flexibility index (Phi) is 5.18. The molecular formula is C24H26N6O. The molecule has 0 unspecified atom stereocenters. The van der Waals surface area contributed by atoms with Gasteiger partial charge >= 0.3 is 0 Å². The van der Waals surface area contributed by atoms with Crippen molar-refractivity contribution in [2.45, 2.75) is 0 Å². The lowest BCUT2D eigenvalue weighted by molar-refractivity contribution is 0.122. The number of nitrogens with one attached hydrogen (secondary N) is 1. The Labute approximate surface area is 181 Å². The summed E-state index contributed by atoms with van der Waals surface area (Å²) in [5, 5.41) is 3.42. The highest BCUT2D eigenvalue weighted by Gasteiger charge is 2.13. The molecule has 2 aromatic heterocycles. The fourth-order valence-electron chi connectivity index (χ4n) is 3.88. The number of imidazole rings is 1. The zero-order valence-corrected chi connectivity index (χ0v) is 17.8. The number of anilines is 4. The van der Waals surface area contributed by atoms with Crippen molar-refractivity contribution >= 4 is 28.5 Å². The van der Waals surface area contributed by atoms with Crippen LogP contribution in [0, 0.1) is 0 Å². The fourth-order valence-corrected chi connectivity index (χ4v) is 3.88. The Balaban J connectivity index is 1.44. The van der Waals surface area contributed by atoms with Crippen LogP contribution in [0.3, 0.4) is 0 Å². The van der Waals surface area contributed by atoms with E-state index in [9.17, 15) is 0 Å². The molecule has 7 nitrogen and oxygen atoms in total. The Bertz CT molecular complexity index is 1180. The minimum absolute atomic E-state index is 0.731. The van der Waals surface area contributed by atoms with E-state index in [0.717, 1.165) is 60.4 Å². The van der Waals surface area contributed by atoms with Crippen molar-refractivity contribution in [3.05, 3.63) is 67.1 Å². The third kappa shape index (κ3) is 3.92. The van der Waals surface area contributed by atoms with Crippen LogP contribution in [0.15, 0.2) is 67.1 Å². The number of hydrogen-bond donors (Lipinski definition) is 1. The van der Waals surface area contributed by atoms with Crippen molar-refractivity contribution in [2.75, 3.05) is 55.5 Å². The molecule has 3 heterocycles. The second kappa shape index (κ2) is 8.28. The molecule has 0 spiro atoms. The summed E-state index contributed by atoms with van der Waals surface area (Å²) in [5.74, 6) is 0.731. The molecule has 2 aromatic carbocycles. The van der Waals surface area contributed by atoms with Gasteiger partial charge in [0.05, 0.1) is 25.1 Å². The van der Waals surface area contributed by atoms with Crippen molar-refractivity contribution in [3.63, 3.8) is 0 Å². The summed E-state index contributed by atoms with van der Waals surface area (Å²) in [4.78, 5) is 13.7. The van der Waals surface area contributed by atoms with Crippen LogP contribution in [-0.4, -0.2) is 54.8 Å². The molecule has 1 aliphatic rings. The lowest BCUT2D eigenvalue weighted by Crippen LogP contribution is -2.36. The highest BCUT2D eigenvalue weighted by atomic mass is 16.5. The van der Waals surface area contributed by atoms with E-state index in [0.29, 0.717) is 0 Å². The lowest BCUT2D eigenvalue weighted by atomic mass is 10.1. The number of hydrogen-bond acceptors (Lipinski definition) is 6. The van der Waals surface area contributed by atoms with Crippen LogP contribution in [0.2, 0.25) is 0 Å². The number of aromatic nitrogens is 3. The largest absolute Gasteiger partial charge is 0.378 e. The average molecular weight is 415 g/mol. The van der Waals surface area contributed by atoms with E-state index < -0.39 is 0 Å². The van der Waals surface area contributed by atoms with Crippen molar-refractivity contribution in [1.29, 1.82) is 0 Å². The standard InChI is InChI=1S/C24H26N6O/c1-28(2)21-5-3-4-19(16-21)27-23-24-25-10-11-30(24)22(17-26-23)18-6-8-20(9-7-18)29-12-14-31-15-13-29/h3-11,16-17H,12-15H2,1-2H3,(H,26,27). The first-order valence-electron chi connectivity index (χ1n) is 10.5. The van der Waals surface area contributed by atoms with E-state index in [1.165, 1.54) is 5.69 Å². The predicted octanol–water partition coefficient (Wildman–Crippen LogP) is 4.04. The first-order chi connectivity index (χ1) is 15.2. The van der Waals surface area contributed by atoms with E-state index in [-0.39, 0.29) is 0 Å². The van der Waals surface area contributed by atoms with E-state index in [1.54, 1.807) is 0 Å². The SMILES string of the molecule is CN(C)c1cccc(Nc2ncc(-c3ccc(N4CCOCC4)cc3)n3ccnc23)c1. The summed E-state index contributed by atoms with van der Waals surface area (Å²) >= 11 is 0. The van der Waals surface area contributed by atoms with Gasteiger partial charge in [-0.25, -0.2) is 9.97 Å². The minimum atomic E-state index is 0.731. The first-order valence-corrected chi connectivity index (χ1v) is 10.5. The Morgan fingerprint density at radius 3 is 2.58 bits per heavy atom. The molecule has 31 heavy (non-hydrogen) atoms. The maximum absolute atomic E-state index is 5.46. The summed E-state index contributed by atoms with van der Waals surface area (Å²) in [6, 6.07) is 16.9. The second-order valence-electron chi connectivity index (χ2n) is 7.83. The monoisotopic (exact) mass is 414 g/mol. The third-order valence-corrected chi connectivity index (χ3v) is 5.59. The van der Waals surface area contributed by atoms with Crippen molar-refractivity contribution in [2.24, 2.45) is 0 Å². The van der Waals surface area contributed by atoms with Gasteiger partial charge in [0.2, 0.25) is 0 Å². The highest BCUT2D eigenvalue weighted by Crippen LogP contribution is 2.28. The molecular weight excluding hydrogens is 388 g/mol. The maximum atomic E-state index is 5.46. The molecule has 158 valence electrons. The summed E-state index contributed by atoms with van der Waals surface area (Å²) in [7, 11) is 4.06. The normalized spacial score (nSPS) is 14.1. The molecule has 4 aromatic rings. The van der Waals surface area contributed by atoms with Crippen LogP contribution in [0.1, 0.15) is 0 Å². The summed E-state index contributed by atoms with van der Waals surface area (Å²) in [6.07, 6.45) is 5.68. The van der Waals surface area contributed by atoms with E-state index in [4.69, 9.17) is 9.72 Å².